The number of hydrogen-bond acceptors (Lipinski definition) is 4. The molecule has 0 bridgehead atoms. The lowest BCUT2D eigenvalue weighted by Crippen LogP contribution is -2.47. The third-order valence-electron chi connectivity index (χ3n) is 2.74. The second kappa shape index (κ2) is 7.13. The first kappa shape index (κ1) is 16.3. The smallest absolute Gasteiger partial charge is 0.326 e. The average Bonchev–Trinajstić information content (AvgIpc) is 2.45. The molecule has 0 aliphatic rings. The number of nitrogens with zero attached hydrogens (tertiary/aromatic N) is 1. The highest BCUT2D eigenvalue weighted by molar-refractivity contribution is 5.94. The Kier molecular flexibility index (Phi) is 5.53. The lowest BCUT2D eigenvalue weighted by Gasteiger charge is -2.21. The summed E-state index contributed by atoms with van der Waals surface area (Å²) in [6, 6.07) is 4.32. The molecule has 1 aromatic carbocycles. The fourth-order valence-corrected chi connectivity index (χ4v) is 1.54. The molecular formula is C13H16N2O6. The summed E-state index contributed by atoms with van der Waals surface area (Å²) in [7, 11) is 2.95. The van der Waals surface area contributed by atoms with Gasteiger partial charge < -0.3 is 20.3 Å². The van der Waals surface area contributed by atoms with E-state index in [2.05, 4.69) is 5.32 Å². The quantitative estimate of drug-likeness (QED) is 0.714. The normalized spacial score (nSPS) is 11.3. The first-order valence-electron chi connectivity index (χ1n) is 5.98. The van der Waals surface area contributed by atoms with E-state index in [9.17, 15) is 14.4 Å². The molecule has 1 atom stereocenters. The number of carbonyl (C=O) groups excluding carboxylic acids is 1. The number of benzene rings is 1. The Hall–Kier alpha value is -2.77. The van der Waals surface area contributed by atoms with Gasteiger partial charge in [0.2, 0.25) is 0 Å². The lowest BCUT2D eigenvalue weighted by molar-refractivity contribution is -0.145. The highest BCUT2D eigenvalue weighted by atomic mass is 16.5. The molecule has 8 heteroatoms. The molecule has 3 N–H and O–H groups in total. The van der Waals surface area contributed by atoms with Crippen molar-refractivity contribution in [1.82, 2.24) is 5.32 Å². The van der Waals surface area contributed by atoms with Crippen molar-refractivity contribution in [2.24, 2.45) is 0 Å². The van der Waals surface area contributed by atoms with E-state index in [1.165, 1.54) is 19.1 Å². The van der Waals surface area contributed by atoms with Crippen LogP contribution in [0.25, 0.3) is 0 Å². The number of nitrogens with one attached hydrogen (secondary N) is 1. The van der Waals surface area contributed by atoms with Crippen LogP contribution in [0.5, 0.6) is 5.75 Å². The van der Waals surface area contributed by atoms with E-state index in [1.54, 1.807) is 24.3 Å². The van der Waals surface area contributed by atoms with Gasteiger partial charge in [0.1, 0.15) is 11.8 Å². The minimum atomic E-state index is -1.49. The van der Waals surface area contributed by atoms with Crippen molar-refractivity contribution in [3.8, 4) is 5.75 Å². The molecule has 21 heavy (non-hydrogen) atoms. The van der Waals surface area contributed by atoms with Crippen molar-refractivity contribution in [3.05, 3.63) is 24.3 Å². The number of carboxylic acid groups (broad SMARTS) is 2. The van der Waals surface area contributed by atoms with Crippen LogP contribution in [0.3, 0.4) is 0 Å². The number of anilines is 1. The van der Waals surface area contributed by atoms with Crippen LogP contribution in [0.1, 0.15) is 6.42 Å². The molecule has 0 radical (unpaired) electrons. The third-order valence-corrected chi connectivity index (χ3v) is 2.74. The van der Waals surface area contributed by atoms with Crippen molar-refractivity contribution >= 4 is 23.7 Å². The molecule has 0 aliphatic carbocycles. The number of carboxylic acids is 2. The Balaban J connectivity index is 2.76. The molecule has 114 valence electrons. The molecule has 0 aliphatic heterocycles. The standard InChI is InChI=1S/C13H16N2O6/c1-15(8-3-5-9(21-2)6-4-8)13(20)14-10(12(18)19)7-11(16)17/h3-6,10H,7H2,1-2H3,(H,14,20)(H,16,17)(H,18,19)/t10-/m1/s1. The van der Waals surface area contributed by atoms with Crippen LogP contribution in [0.4, 0.5) is 10.5 Å². The molecule has 0 saturated heterocycles. The van der Waals surface area contributed by atoms with E-state index >= 15 is 0 Å². The van der Waals surface area contributed by atoms with E-state index in [1.807, 2.05) is 0 Å². The van der Waals surface area contributed by atoms with E-state index in [0.717, 1.165) is 0 Å². The van der Waals surface area contributed by atoms with Gasteiger partial charge >= 0.3 is 18.0 Å². The van der Waals surface area contributed by atoms with Gasteiger partial charge in [0, 0.05) is 12.7 Å². The molecular weight excluding hydrogens is 280 g/mol. The molecule has 0 spiro atoms. The minimum absolute atomic E-state index is 0.507. The average molecular weight is 296 g/mol. The SMILES string of the molecule is COc1ccc(N(C)C(=O)N[C@H](CC(=O)O)C(=O)O)cc1. The van der Waals surface area contributed by atoms with Gasteiger partial charge in [-0.15, -0.1) is 0 Å². The fraction of sp³-hybridized carbons (Fsp3) is 0.308. The Morgan fingerprint density at radius 3 is 2.24 bits per heavy atom. The molecule has 1 aromatic rings. The second-order valence-corrected chi connectivity index (χ2v) is 4.20. The second-order valence-electron chi connectivity index (χ2n) is 4.20. The topological polar surface area (TPSA) is 116 Å². The van der Waals surface area contributed by atoms with Gasteiger partial charge in [0.15, 0.2) is 0 Å². The third kappa shape index (κ3) is 4.68. The molecule has 0 aromatic heterocycles. The molecule has 0 unspecified atom stereocenters. The zero-order valence-electron chi connectivity index (χ0n) is 11.6. The van der Waals surface area contributed by atoms with Crippen LogP contribution in [-0.4, -0.2) is 48.4 Å². The van der Waals surface area contributed by atoms with Gasteiger partial charge in [-0.05, 0) is 24.3 Å². The summed E-state index contributed by atoms with van der Waals surface area (Å²) in [5, 5.41) is 19.6. The summed E-state index contributed by atoms with van der Waals surface area (Å²) in [6.45, 7) is 0. The zero-order valence-corrected chi connectivity index (χ0v) is 11.6. The molecule has 2 amide bonds. The van der Waals surface area contributed by atoms with Crippen LogP contribution in [0, 0.1) is 0 Å². The van der Waals surface area contributed by atoms with Crippen molar-refractivity contribution in [1.29, 1.82) is 0 Å². The van der Waals surface area contributed by atoms with E-state index in [0.29, 0.717) is 11.4 Å². The van der Waals surface area contributed by atoms with Crippen molar-refractivity contribution in [3.63, 3.8) is 0 Å². The Morgan fingerprint density at radius 1 is 1.24 bits per heavy atom. The van der Waals surface area contributed by atoms with Gasteiger partial charge in [-0.25, -0.2) is 9.59 Å². The summed E-state index contributed by atoms with van der Waals surface area (Å²) in [5.74, 6) is -2.11. The van der Waals surface area contributed by atoms with Crippen LogP contribution in [0.15, 0.2) is 24.3 Å². The van der Waals surface area contributed by atoms with Crippen molar-refractivity contribution in [2.75, 3.05) is 19.1 Å². The summed E-state index contributed by atoms with van der Waals surface area (Å²) >= 11 is 0. The van der Waals surface area contributed by atoms with E-state index in [4.69, 9.17) is 14.9 Å². The van der Waals surface area contributed by atoms with Gasteiger partial charge in [0.05, 0.1) is 13.5 Å². The number of aliphatic carboxylic acids is 2. The zero-order chi connectivity index (χ0) is 16.0. The predicted molar refractivity (Wildman–Crippen MR) is 73.6 cm³/mol. The molecule has 0 saturated carbocycles. The highest BCUT2D eigenvalue weighted by Crippen LogP contribution is 2.18. The van der Waals surface area contributed by atoms with E-state index < -0.39 is 30.4 Å². The Morgan fingerprint density at radius 2 is 1.81 bits per heavy atom. The maximum Gasteiger partial charge on any atom is 0.326 e. The highest BCUT2D eigenvalue weighted by Gasteiger charge is 2.24. The number of urea groups is 1. The molecule has 8 nitrogen and oxygen atoms in total. The molecule has 1 rings (SSSR count). The van der Waals surface area contributed by atoms with Gasteiger partial charge in [0.25, 0.3) is 0 Å². The predicted octanol–water partition coefficient (Wildman–Crippen LogP) is 0.769. The monoisotopic (exact) mass is 296 g/mol. The van der Waals surface area contributed by atoms with Gasteiger partial charge in [-0.1, -0.05) is 0 Å². The number of ether oxygens (including phenoxy) is 1. The summed E-state index contributed by atoms with van der Waals surface area (Å²) < 4.78 is 4.99. The minimum Gasteiger partial charge on any atom is -0.497 e. The molecule has 0 heterocycles. The van der Waals surface area contributed by atoms with Gasteiger partial charge in [-0.2, -0.15) is 0 Å². The first-order valence-corrected chi connectivity index (χ1v) is 5.98. The molecule has 0 fully saturated rings. The maximum absolute atomic E-state index is 11.9. The summed E-state index contributed by atoms with van der Waals surface area (Å²) in [5.41, 5.74) is 0.507. The van der Waals surface area contributed by atoms with Crippen LogP contribution in [-0.2, 0) is 9.59 Å². The number of rotatable bonds is 6. The summed E-state index contributed by atoms with van der Waals surface area (Å²) in [6.07, 6.45) is -0.697. The Labute approximate surface area is 120 Å². The summed E-state index contributed by atoms with van der Waals surface area (Å²) in [4.78, 5) is 34.6. The van der Waals surface area contributed by atoms with Crippen molar-refractivity contribution < 1.29 is 29.3 Å². The fourth-order valence-electron chi connectivity index (χ4n) is 1.54. The van der Waals surface area contributed by atoms with E-state index in [-0.39, 0.29) is 0 Å². The number of carbonyl (C=O) groups is 3. The largest absolute Gasteiger partial charge is 0.497 e. The first-order chi connectivity index (χ1) is 9.85. The van der Waals surface area contributed by atoms with Crippen LogP contribution >= 0.6 is 0 Å². The van der Waals surface area contributed by atoms with Crippen LogP contribution in [0.2, 0.25) is 0 Å². The van der Waals surface area contributed by atoms with Crippen molar-refractivity contribution in [2.45, 2.75) is 12.5 Å². The maximum atomic E-state index is 11.9. The number of methoxy groups -OCH3 is 1. The van der Waals surface area contributed by atoms with Crippen LogP contribution < -0.4 is 15.0 Å². The lowest BCUT2D eigenvalue weighted by atomic mass is 10.2. The Bertz CT molecular complexity index is 528. The number of hydrogen-bond donors (Lipinski definition) is 3. The van der Waals surface area contributed by atoms with Gasteiger partial charge in [-0.3, -0.25) is 9.69 Å². The number of amides is 2.